The Bertz CT molecular complexity index is 578. The summed E-state index contributed by atoms with van der Waals surface area (Å²) in [6.07, 6.45) is 8.43. The van der Waals surface area contributed by atoms with E-state index < -0.39 is 5.54 Å². The molecule has 2 heterocycles. The van der Waals surface area contributed by atoms with Gasteiger partial charge in [0.05, 0.1) is 16.1 Å². The van der Waals surface area contributed by atoms with Crippen molar-refractivity contribution < 1.29 is 4.52 Å². The van der Waals surface area contributed by atoms with Gasteiger partial charge in [-0.3, -0.25) is 4.98 Å². The molecule has 0 atom stereocenters. The molecule has 100 valence electrons. The van der Waals surface area contributed by atoms with Crippen LogP contribution in [0.25, 0.3) is 11.5 Å². The van der Waals surface area contributed by atoms with Gasteiger partial charge in [-0.25, -0.2) is 0 Å². The first-order valence-corrected chi connectivity index (χ1v) is 6.80. The molecule has 19 heavy (non-hydrogen) atoms. The minimum Gasteiger partial charge on any atom is -0.334 e. The fourth-order valence-corrected chi connectivity index (χ4v) is 2.69. The van der Waals surface area contributed by atoms with Crippen molar-refractivity contribution in [2.24, 2.45) is 5.73 Å². The summed E-state index contributed by atoms with van der Waals surface area (Å²) in [6.45, 7) is 0. The molecule has 1 aliphatic rings. The molecular formula is C13H15ClN4O. The van der Waals surface area contributed by atoms with Crippen LogP contribution in [0.3, 0.4) is 0 Å². The standard InChI is InChI=1S/C13H15ClN4O/c14-10-8-16-7-4-9(10)11-17-12(18-19-11)13(15)5-2-1-3-6-13/h4,7-8H,1-3,5-6,15H2. The Morgan fingerprint density at radius 2 is 2.05 bits per heavy atom. The fraction of sp³-hybridized carbons (Fsp3) is 0.462. The molecule has 3 rings (SSSR count). The predicted octanol–water partition coefficient (Wildman–Crippen LogP) is 2.90. The molecule has 0 bridgehead atoms. The lowest BCUT2D eigenvalue weighted by Crippen LogP contribution is -2.39. The Morgan fingerprint density at radius 1 is 1.26 bits per heavy atom. The molecule has 6 heteroatoms. The van der Waals surface area contributed by atoms with Gasteiger partial charge < -0.3 is 10.3 Å². The largest absolute Gasteiger partial charge is 0.334 e. The molecule has 1 fully saturated rings. The van der Waals surface area contributed by atoms with Crippen molar-refractivity contribution in [2.45, 2.75) is 37.6 Å². The molecule has 2 aromatic heterocycles. The highest BCUT2D eigenvalue weighted by atomic mass is 35.5. The lowest BCUT2D eigenvalue weighted by Gasteiger charge is -2.29. The Labute approximate surface area is 116 Å². The molecule has 0 aliphatic heterocycles. The van der Waals surface area contributed by atoms with E-state index >= 15 is 0 Å². The van der Waals surface area contributed by atoms with Gasteiger partial charge in [-0.1, -0.05) is 36.0 Å². The average Bonchev–Trinajstić information content (AvgIpc) is 2.90. The lowest BCUT2D eigenvalue weighted by atomic mass is 9.82. The second-order valence-electron chi connectivity index (χ2n) is 5.00. The van der Waals surface area contributed by atoms with Crippen molar-refractivity contribution in [2.75, 3.05) is 0 Å². The smallest absolute Gasteiger partial charge is 0.259 e. The summed E-state index contributed by atoms with van der Waals surface area (Å²) in [6, 6.07) is 1.75. The molecule has 0 aromatic carbocycles. The van der Waals surface area contributed by atoms with Crippen molar-refractivity contribution >= 4 is 11.6 Å². The van der Waals surface area contributed by atoms with E-state index in [4.69, 9.17) is 21.9 Å². The molecule has 1 saturated carbocycles. The molecular weight excluding hydrogens is 264 g/mol. The molecule has 0 saturated heterocycles. The van der Waals surface area contributed by atoms with Gasteiger partial charge in [0.2, 0.25) is 0 Å². The maximum Gasteiger partial charge on any atom is 0.259 e. The van der Waals surface area contributed by atoms with E-state index in [0.717, 1.165) is 25.7 Å². The number of hydrogen-bond donors (Lipinski definition) is 1. The number of hydrogen-bond acceptors (Lipinski definition) is 5. The van der Waals surface area contributed by atoms with Gasteiger partial charge >= 0.3 is 0 Å². The monoisotopic (exact) mass is 278 g/mol. The molecule has 0 radical (unpaired) electrons. The quantitative estimate of drug-likeness (QED) is 0.914. The summed E-state index contributed by atoms with van der Waals surface area (Å²) in [5.41, 5.74) is 6.61. The zero-order valence-corrected chi connectivity index (χ0v) is 11.2. The summed E-state index contributed by atoms with van der Waals surface area (Å²) >= 11 is 6.07. The molecule has 0 spiro atoms. The maximum absolute atomic E-state index is 6.38. The van der Waals surface area contributed by atoms with E-state index in [2.05, 4.69) is 15.1 Å². The van der Waals surface area contributed by atoms with Crippen LogP contribution in [0.4, 0.5) is 0 Å². The van der Waals surface area contributed by atoms with Crippen LogP contribution in [-0.4, -0.2) is 15.1 Å². The molecule has 0 amide bonds. The highest BCUT2D eigenvalue weighted by Gasteiger charge is 2.34. The number of nitrogens with two attached hydrogens (primary N) is 1. The zero-order valence-electron chi connectivity index (χ0n) is 10.5. The SMILES string of the molecule is NC1(c2noc(-c3ccncc3Cl)n2)CCCCC1. The summed E-state index contributed by atoms with van der Waals surface area (Å²) in [5.74, 6) is 0.980. The van der Waals surface area contributed by atoms with Gasteiger partial charge in [0.25, 0.3) is 5.89 Å². The predicted molar refractivity (Wildman–Crippen MR) is 71.5 cm³/mol. The zero-order chi connectivity index (χ0) is 13.3. The minimum atomic E-state index is -0.459. The number of aromatic nitrogens is 3. The molecule has 0 unspecified atom stereocenters. The lowest BCUT2D eigenvalue weighted by molar-refractivity contribution is 0.275. The van der Waals surface area contributed by atoms with Gasteiger partial charge in [0.1, 0.15) is 0 Å². The third-order valence-electron chi connectivity index (χ3n) is 3.62. The number of pyridine rings is 1. The Balaban J connectivity index is 1.93. The maximum atomic E-state index is 6.38. The Hall–Kier alpha value is -1.46. The summed E-state index contributed by atoms with van der Waals surface area (Å²) in [7, 11) is 0. The topological polar surface area (TPSA) is 77.8 Å². The van der Waals surface area contributed by atoms with Gasteiger partial charge in [-0.2, -0.15) is 4.98 Å². The Kier molecular flexibility index (Phi) is 3.24. The van der Waals surface area contributed by atoms with E-state index in [9.17, 15) is 0 Å². The second-order valence-corrected chi connectivity index (χ2v) is 5.40. The minimum absolute atomic E-state index is 0.401. The second kappa shape index (κ2) is 4.90. The van der Waals surface area contributed by atoms with E-state index in [-0.39, 0.29) is 0 Å². The first-order chi connectivity index (χ1) is 9.19. The van der Waals surface area contributed by atoms with Crippen LogP contribution in [0.15, 0.2) is 23.0 Å². The van der Waals surface area contributed by atoms with Crippen molar-refractivity contribution in [3.63, 3.8) is 0 Å². The Morgan fingerprint density at radius 3 is 2.79 bits per heavy atom. The number of nitrogens with zero attached hydrogens (tertiary/aromatic N) is 3. The van der Waals surface area contributed by atoms with Crippen molar-refractivity contribution in [1.82, 2.24) is 15.1 Å². The fourth-order valence-electron chi connectivity index (χ4n) is 2.49. The summed E-state index contributed by atoms with van der Waals surface area (Å²) < 4.78 is 5.30. The van der Waals surface area contributed by atoms with Crippen LogP contribution in [0.2, 0.25) is 5.02 Å². The third kappa shape index (κ3) is 2.35. The van der Waals surface area contributed by atoms with Crippen LogP contribution < -0.4 is 5.73 Å². The molecule has 1 aliphatic carbocycles. The molecule has 2 N–H and O–H groups in total. The first-order valence-electron chi connectivity index (χ1n) is 6.42. The van der Waals surface area contributed by atoms with E-state index in [0.29, 0.717) is 22.3 Å². The number of rotatable bonds is 2. The summed E-state index contributed by atoms with van der Waals surface area (Å²) in [4.78, 5) is 8.36. The van der Waals surface area contributed by atoms with Crippen LogP contribution in [0, 0.1) is 0 Å². The van der Waals surface area contributed by atoms with Crippen molar-refractivity contribution in [3.05, 3.63) is 29.3 Å². The van der Waals surface area contributed by atoms with Crippen LogP contribution in [-0.2, 0) is 5.54 Å². The highest BCUT2D eigenvalue weighted by molar-refractivity contribution is 6.32. The van der Waals surface area contributed by atoms with Gasteiger partial charge in [-0.05, 0) is 18.9 Å². The van der Waals surface area contributed by atoms with Crippen molar-refractivity contribution in [1.29, 1.82) is 0 Å². The van der Waals surface area contributed by atoms with E-state index in [1.807, 2.05) is 0 Å². The molecule has 5 nitrogen and oxygen atoms in total. The summed E-state index contributed by atoms with van der Waals surface area (Å²) in [5, 5.41) is 4.53. The van der Waals surface area contributed by atoms with Crippen LogP contribution in [0.5, 0.6) is 0 Å². The first kappa shape index (κ1) is 12.6. The van der Waals surface area contributed by atoms with Gasteiger partial charge in [0, 0.05) is 12.4 Å². The highest BCUT2D eigenvalue weighted by Crippen LogP contribution is 2.34. The van der Waals surface area contributed by atoms with E-state index in [1.165, 1.54) is 6.42 Å². The number of halogens is 1. The van der Waals surface area contributed by atoms with Crippen molar-refractivity contribution in [3.8, 4) is 11.5 Å². The van der Waals surface area contributed by atoms with Gasteiger partial charge in [0.15, 0.2) is 5.82 Å². The normalized spacial score (nSPS) is 18.4. The molecule has 2 aromatic rings. The third-order valence-corrected chi connectivity index (χ3v) is 3.92. The average molecular weight is 279 g/mol. The van der Waals surface area contributed by atoms with Crippen LogP contribution >= 0.6 is 11.6 Å². The van der Waals surface area contributed by atoms with Gasteiger partial charge in [-0.15, -0.1) is 0 Å². The van der Waals surface area contributed by atoms with Crippen LogP contribution in [0.1, 0.15) is 37.9 Å². The van der Waals surface area contributed by atoms with E-state index in [1.54, 1.807) is 18.5 Å².